The fourth-order valence-electron chi connectivity index (χ4n) is 2.55. The van der Waals surface area contributed by atoms with Gasteiger partial charge in [0.1, 0.15) is 0 Å². The maximum absolute atomic E-state index is 12.0. The Morgan fingerprint density at radius 1 is 1.29 bits per heavy atom. The first-order chi connectivity index (χ1) is 8.29. The number of likely N-dealkylation sites (tertiary alicyclic amines) is 1. The first-order valence-electron chi connectivity index (χ1n) is 6.58. The molecule has 0 bridgehead atoms. The number of carbonyl (C=O) groups is 1. The molecule has 2 heterocycles. The quantitative estimate of drug-likeness (QED) is 0.733. The highest BCUT2D eigenvalue weighted by Crippen LogP contribution is 2.20. The van der Waals surface area contributed by atoms with E-state index in [4.69, 9.17) is 10.00 Å². The third kappa shape index (κ3) is 3.44. The van der Waals surface area contributed by atoms with Gasteiger partial charge in [-0.2, -0.15) is 5.26 Å². The van der Waals surface area contributed by atoms with Gasteiger partial charge < -0.3 is 9.64 Å². The molecular weight excluding hydrogens is 216 g/mol. The number of amides is 1. The van der Waals surface area contributed by atoms with Crippen molar-refractivity contribution < 1.29 is 9.53 Å². The molecule has 4 heteroatoms. The van der Waals surface area contributed by atoms with Crippen LogP contribution < -0.4 is 0 Å². The molecule has 0 saturated carbocycles. The molecule has 0 aromatic heterocycles. The van der Waals surface area contributed by atoms with Crippen molar-refractivity contribution in [2.45, 2.75) is 44.6 Å². The average Bonchev–Trinajstić information content (AvgIpc) is 2.40. The lowest BCUT2D eigenvalue weighted by Crippen LogP contribution is -2.40. The molecule has 0 aliphatic carbocycles. The second-order valence-electron chi connectivity index (χ2n) is 4.98. The first-order valence-corrected chi connectivity index (χ1v) is 6.58. The van der Waals surface area contributed by atoms with E-state index in [9.17, 15) is 4.79 Å². The van der Waals surface area contributed by atoms with Gasteiger partial charge in [0.05, 0.1) is 18.6 Å². The van der Waals surface area contributed by atoms with Crippen molar-refractivity contribution in [2.24, 2.45) is 5.92 Å². The molecular formula is C13H20N2O2. The van der Waals surface area contributed by atoms with Crippen LogP contribution in [-0.4, -0.2) is 36.6 Å². The van der Waals surface area contributed by atoms with Crippen LogP contribution in [0.4, 0.5) is 0 Å². The van der Waals surface area contributed by atoms with E-state index in [1.54, 1.807) is 0 Å². The fourth-order valence-corrected chi connectivity index (χ4v) is 2.55. The molecule has 94 valence electrons. The first kappa shape index (κ1) is 12.4. The number of carbonyl (C=O) groups excluding carboxylic acids is 1. The fraction of sp³-hybridized carbons (Fsp3) is 0.846. The van der Waals surface area contributed by atoms with E-state index in [2.05, 4.69) is 6.07 Å². The highest BCUT2D eigenvalue weighted by Gasteiger charge is 2.25. The summed E-state index contributed by atoms with van der Waals surface area (Å²) in [5, 5.41) is 8.80. The number of hydrogen-bond donors (Lipinski definition) is 0. The standard InChI is InChI=1S/C13H20N2O2/c14-10-11-4-6-15(7-5-11)13(16)9-12-3-1-2-8-17-12/h11-12H,1-9H2. The van der Waals surface area contributed by atoms with Crippen LogP contribution in [0.5, 0.6) is 0 Å². The van der Waals surface area contributed by atoms with Gasteiger partial charge in [0.2, 0.25) is 5.91 Å². The Morgan fingerprint density at radius 3 is 2.65 bits per heavy atom. The number of rotatable bonds is 2. The zero-order valence-electron chi connectivity index (χ0n) is 10.2. The molecule has 0 aromatic rings. The Hall–Kier alpha value is -1.08. The van der Waals surface area contributed by atoms with E-state index >= 15 is 0 Å². The summed E-state index contributed by atoms with van der Waals surface area (Å²) in [5.74, 6) is 0.346. The molecule has 4 nitrogen and oxygen atoms in total. The minimum absolute atomic E-state index is 0.130. The molecule has 1 amide bonds. The second-order valence-corrected chi connectivity index (χ2v) is 4.98. The van der Waals surface area contributed by atoms with Gasteiger partial charge in [-0.15, -0.1) is 0 Å². The Labute approximate surface area is 103 Å². The zero-order valence-corrected chi connectivity index (χ0v) is 10.2. The summed E-state index contributed by atoms with van der Waals surface area (Å²) < 4.78 is 5.58. The van der Waals surface area contributed by atoms with Crippen molar-refractivity contribution in [3.8, 4) is 6.07 Å². The van der Waals surface area contributed by atoms with Crippen LogP contribution in [-0.2, 0) is 9.53 Å². The van der Waals surface area contributed by atoms with Crippen LogP contribution in [0.15, 0.2) is 0 Å². The molecule has 2 aliphatic rings. The van der Waals surface area contributed by atoms with Gasteiger partial charge in [0.25, 0.3) is 0 Å². The van der Waals surface area contributed by atoms with Crippen LogP contribution in [0.1, 0.15) is 38.5 Å². The number of piperidine rings is 1. The molecule has 1 atom stereocenters. The molecule has 0 radical (unpaired) electrons. The van der Waals surface area contributed by atoms with Gasteiger partial charge in [0.15, 0.2) is 0 Å². The predicted octanol–water partition coefficient (Wildman–Crippen LogP) is 1.71. The van der Waals surface area contributed by atoms with Crippen molar-refractivity contribution in [1.82, 2.24) is 4.90 Å². The van der Waals surface area contributed by atoms with E-state index in [-0.39, 0.29) is 17.9 Å². The van der Waals surface area contributed by atoms with Crippen LogP contribution in [0, 0.1) is 17.2 Å². The van der Waals surface area contributed by atoms with Crippen LogP contribution in [0.3, 0.4) is 0 Å². The Bertz CT molecular complexity index is 297. The lowest BCUT2D eigenvalue weighted by molar-refractivity contribution is -0.136. The van der Waals surface area contributed by atoms with Crippen LogP contribution in [0.2, 0.25) is 0 Å². The average molecular weight is 236 g/mol. The summed E-state index contributed by atoms with van der Waals surface area (Å²) in [6, 6.07) is 2.28. The number of nitriles is 1. The van der Waals surface area contributed by atoms with Crippen molar-refractivity contribution >= 4 is 5.91 Å². The topological polar surface area (TPSA) is 53.3 Å². The highest BCUT2D eigenvalue weighted by molar-refractivity contribution is 5.76. The van der Waals surface area contributed by atoms with Crippen molar-refractivity contribution in [3.05, 3.63) is 0 Å². The van der Waals surface area contributed by atoms with Gasteiger partial charge in [-0.1, -0.05) is 0 Å². The summed E-state index contributed by atoms with van der Waals surface area (Å²) in [5.41, 5.74) is 0. The number of hydrogen-bond acceptors (Lipinski definition) is 3. The number of ether oxygens (including phenoxy) is 1. The lowest BCUT2D eigenvalue weighted by atomic mass is 9.98. The van der Waals surface area contributed by atoms with Gasteiger partial charge in [-0.05, 0) is 32.1 Å². The van der Waals surface area contributed by atoms with Gasteiger partial charge in [0, 0.05) is 25.6 Å². The van der Waals surface area contributed by atoms with Crippen molar-refractivity contribution in [2.75, 3.05) is 19.7 Å². The van der Waals surface area contributed by atoms with E-state index in [0.29, 0.717) is 6.42 Å². The van der Waals surface area contributed by atoms with E-state index in [1.807, 2.05) is 4.90 Å². The molecule has 2 aliphatic heterocycles. The maximum Gasteiger partial charge on any atom is 0.225 e. The third-order valence-corrected chi connectivity index (χ3v) is 3.71. The molecule has 0 N–H and O–H groups in total. The van der Waals surface area contributed by atoms with Gasteiger partial charge in [-0.25, -0.2) is 0 Å². The number of nitrogens with zero attached hydrogens (tertiary/aromatic N) is 2. The molecule has 2 saturated heterocycles. The summed E-state index contributed by atoms with van der Waals surface area (Å²) in [7, 11) is 0. The second kappa shape index (κ2) is 6.02. The summed E-state index contributed by atoms with van der Waals surface area (Å²) in [6.07, 6.45) is 5.62. The molecule has 17 heavy (non-hydrogen) atoms. The maximum atomic E-state index is 12.0. The normalized spacial score (nSPS) is 26.5. The Morgan fingerprint density at radius 2 is 2.06 bits per heavy atom. The Balaban J connectivity index is 1.75. The smallest absolute Gasteiger partial charge is 0.225 e. The molecule has 0 spiro atoms. The molecule has 1 unspecified atom stereocenters. The summed E-state index contributed by atoms with van der Waals surface area (Å²) in [4.78, 5) is 13.9. The lowest BCUT2D eigenvalue weighted by Gasteiger charge is -2.31. The van der Waals surface area contributed by atoms with E-state index in [1.165, 1.54) is 6.42 Å². The minimum atomic E-state index is 0.130. The van der Waals surface area contributed by atoms with E-state index in [0.717, 1.165) is 45.4 Å². The molecule has 0 aromatic carbocycles. The van der Waals surface area contributed by atoms with Gasteiger partial charge in [-0.3, -0.25) is 4.79 Å². The molecule has 2 fully saturated rings. The van der Waals surface area contributed by atoms with Gasteiger partial charge >= 0.3 is 0 Å². The highest BCUT2D eigenvalue weighted by atomic mass is 16.5. The van der Waals surface area contributed by atoms with Crippen molar-refractivity contribution in [1.29, 1.82) is 5.26 Å². The summed E-state index contributed by atoms with van der Waals surface area (Å²) in [6.45, 7) is 2.28. The zero-order chi connectivity index (χ0) is 12.1. The predicted molar refractivity (Wildman–Crippen MR) is 63.1 cm³/mol. The van der Waals surface area contributed by atoms with Crippen molar-refractivity contribution in [3.63, 3.8) is 0 Å². The minimum Gasteiger partial charge on any atom is -0.378 e. The SMILES string of the molecule is N#CC1CCN(C(=O)CC2CCCCO2)CC1. The largest absolute Gasteiger partial charge is 0.378 e. The van der Waals surface area contributed by atoms with E-state index < -0.39 is 0 Å². The van der Waals surface area contributed by atoms with Crippen LogP contribution >= 0.6 is 0 Å². The third-order valence-electron chi connectivity index (χ3n) is 3.71. The Kier molecular flexibility index (Phi) is 4.38. The summed E-state index contributed by atoms with van der Waals surface area (Å²) >= 11 is 0. The monoisotopic (exact) mass is 236 g/mol. The van der Waals surface area contributed by atoms with Crippen LogP contribution in [0.25, 0.3) is 0 Å². The molecule has 2 rings (SSSR count).